The largest absolute Gasteiger partial charge is 0.386 e. The van der Waals surface area contributed by atoms with Crippen LogP contribution in [-0.2, 0) is 0 Å². The number of hydrogen-bond acceptors (Lipinski definition) is 2. The highest BCUT2D eigenvalue weighted by Crippen LogP contribution is 2.13. The number of nitrogens with two attached hydrogens (primary N) is 1. The summed E-state index contributed by atoms with van der Waals surface area (Å²) in [4.78, 5) is 4.00. The van der Waals surface area contributed by atoms with Crippen LogP contribution in [0, 0.1) is 11.3 Å². The lowest BCUT2D eigenvalue weighted by Gasteiger charge is -1.95. The summed E-state index contributed by atoms with van der Waals surface area (Å²) < 4.78 is 0. The van der Waals surface area contributed by atoms with Crippen molar-refractivity contribution < 1.29 is 0 Å². The average Bonchev–Trinajstić information content (AvgIpc) is 2.18. The van der Waals surface area contributed by atoms with Crippen molar-refractivity contribution in [1.29, 1.82) is 5.26 Å². The summed E-state index contributed by atoms with van der Waals surface area (Å²) in [6.07, 6.45) is 0. The van der Waals surface area contributed by atoms with Gasteiger partial charge >= 0.3 is 0 Å². The van der Waals surface area contributed by atoms with E-state index in [2.05, 4.69) is 4.99 Å². The molecule has 0 amide bonds. The summed E-state index contributed by atoms with van der Waals surface area (Å²) in [5, 5.41) is 8.60. The van der Waals surface area contributed by atoms with Crippen LogP contribution in [-0.4, -0.2) is 11.7 Å². The van der Waals surface area contributed by atoms with Crippen molar-refractivity contribution in [3.8, 4) is 6.07 Å². The Balaban J connectivity index is 2.97. The van der Waals surface area contributed by atoms with Gasteiger partial charge < -0.3 is 5.73 Å². The van der Waals surface area contributed by atoms with E-state index in [0.717, 1.165) is 0 Å². The Bertz CT molecular complexity index is 365. The van der Waals surface area contributed by atoms with E-state index in [1.807, 2.05) is 6.07 Å². The molecule has 0 heterocycles. The van der Waals surface area contributed by atoms with Crippen LogP contribution in [0.5, 0.6) is 0 Å². The topological polar surface area (TPSA) is 62.2 Å². The van der Waals surface area contributed by atoms with Crippen molar-refractivity contribution in [2.75, 3.05) is 5.88 Å². The quantitative estimate of drug-likeness (QED) is 0.442. The number of halogens is 1. The third-order valence-electron chi connectivity index (χ3n) is 1.38. The maximum absolute atomic E-state index is 8.60. The van der Waals surface area contributed by atoms with Crippen molar-refractivity contribution >= 4 is 23.1 Å². The molecule has 3 nitrogen and oxygen atoms in total. The fourth-order valence-corrected chi connectivity index (χ4v) is 0.900. The van der Waals surface area contributed by atoms with Gasteiger partial charge in [0, 0.05) is 0 Å². The minimum Gasteiger partial charge on any atom is -0.386 e. The Morgan fingerprint density at radius 1 is 1.62 bits per heavy atom. The Morgan fingerprint density at radius 2 is 2.38 bits per heavy atom. The molecule has 0 bridgehead atoms. The Hall–Kier alpha value is -1.53. The van der Waals surface area contributed by atoms with Gasteiger partial charge in [-0.15, -0.1) is 11.6 Å². The highest BCUT2D eigenvalue weighted by molar-refractivity contribution is 6.28. The van der Waals surface area contributed by atoms with Crippen molar-refractivity contribution in [2.24, 2.45) is 10.7 Å². The first kappa shape index (κ1) is 9.56. The lowest BCUT2D eigenvalue weighted by molar-refractivity contribution is 1.43. The second-order valence-corrected chi connectivity index (χ2v) is 2.67. The van der Waals surface area contributed by atoms with Crippen LogP contribution in [0.2, 0.25) is 0 Å². The van der Waals surface area contributed by atoms with Gasteiger partial charge in [0.05, 0.1) is 23.2 Å². The minimum atomic E-state index is 0.191. The minimum absolute atomic E-state index is 0.191. The highest BCUT2D eigenvalue weighted by atomic mass is 35.5. The third-order valence-corrected chi connectivity index (χ3v) is 1.66. The van der Waals surface area contributed by atoms with Crippen LogP contribution >= 0.6 is 11.6 Å². The fraction of sp³-hybridized carbons (Fsp3) is 0.111. The number of benzene rings is 1. The van der Waals surface area contributed by atoms with Crippen molar-refractivity contribution in [2.45, 2.75) is 0 Å². The Labute approximate surface area is 81.5 Å². The van der Waals surface area contributed by atoms with E-state index in [1.165, 1.54) is 0 Å². The standard InChI is InChI=1S/C9H8ClN3/c10-5-9(12)13-8-3-1-2-7(4-8)6-11/h1-4H,5H2,(H2,12,13). The summed E-state index contributed by atoms with van der Waals surface area (Å²) >= 11 is 5.45. The Kier molecular flexibility index (Phi) is 3.30. The molecule has 0 spiro atoms. The summed E-state index contributed by atoms with van der Waals surface area (Å²) in [6, 6.07) is 8.89. The first-order valence-corrected chi connectivity index (χ1v) is 4.19. The van der Waals surface area contributed by atoms with E-state index in [4.69, 9.17) is 22.6 Å². The predicted octanol–water partition coefficient (Wildman–Crippen LogP) is 1.79. The first-order chi connectivity index (χ1) is 6.26. The molecule has 0 atom stereocenters. The normalized spacial score (nSPS) is 10.9. The molecule has 0 radical (unpaired) electrons. The number of nitriles is 1. The summed E-state index contributed by atoms with van der Waals surface area (Å²) in [5.74, 6) is 0.535. The van der Waals surface area contributed by atoms with Gasteiger partial charge in [-0.05, 0) is 18.2 Å². The monoisotopic (exact) mass is 193 g/mol. The molecule has 1 aromatic rings. The zero-order valence-electron chi connectivity index (χ0n) is 6.87. The predicted molar refractivity (Wildman–Crippen MR) is 53.2 cm³/mol. The molecule has 0 saturated heterocycles. The third kappa shape index (κ3) is 2.77. The van der Waals surface area contributed by atoms with Gasteiger partial charge in [0.1, 0.15) is 5.84 Å². The van der Waals surface area contributed by atoms with Gasteiger partial charge in [-0.25, -0.2) is 4.99 Å². The molecule has 0 aliphatic carbocycles. The van der Waals surface area contributed by atoms with E-state index in [9.17, 15) is 0 Å². The van der Waals surface area contributed by atoms with Crippen LogP contribution in [0.1, 0.15) is 5.56 Å². The Morgan fingerprint density at radius 3 is 3.00 bits per heavy atom. The number of alkyl halides is 1. The molecule has 13 heavy (non-hydrogen) atoms. The van der Waals surface area contributed by atoms with E-state index < -0.39 is 0 Å². The van der Waals surface area contributed by atoms with Crippen LogP contribution in [0.25, 0.3) is 0 Å². The molecule has 0 aliphatic heterocycles. The number of hydrogen-bond donors (Lipinski definition) is 1. The SMILES string of the molecule is N#Cc1cccc(N=C(N)CCl)c1. The van der Waals surface area contributed by atoms with Crippen molar-refractivity contribution in [1.82, 2.24) is 0 Å². The molecule has 0 aromatic heterocycles. The second-order valence-electron chi connectivity index (χ2n) is 2.40. The molecule has 1 aromatic carbocycles. The molecule has 0 saturated carbocycles. The number of nitrogens with zero attached hydrogens (tertiary/aromatic N) is 2. The van der Waals surface area contributed by atoms with Gasteiger partial charge in [-0.3, -0.25) is 0 Å². The van der Waals surface area contributed by atoms with Gasteiger partial charge in [0.25, 0.3) is 0 Å². The van der Waals surface area contributed by atoms with Gasteiger partial charge in [-0.2, -0.15) is 5.26 Å². The molecule has 1 rings (SSSR count). The zero-order valence-corrected chi connectivity index (χ0v) is 7.62. The molecule has 4 heteroatoms. The molecular weight excluding hydrogens is 186 g/mol. The van der Waals surface area contributed by atoms with Crippen molar-refractivity contribution in [3.63, 3.8) is 0 Å². The fourth-order valence-electron chi connectivity index (χ4n) is 0.841. The van der Waals surface area contributed by atoms with Gasteiger partial charge in [0.2, 0.25) is 0 Å². The average molecular weight is 194 g/mol. The van der Waals surface area contributed by atoms with E-state index in [1.54, 1.807) is 24.3 Å². The van der Waals surface area contributed by atoms with Crippen LogP contribution in [0.3, 0.4) is 0 Å². The molecule has 66 valence electrons. The molecule has 0 unspecified atom stereocenters. The summed E-state index contributed by atoms with van der Waals surface area (Å²) in [7, 11) is 0. The second kappa shape index (κ2) is 4.48. The van der Waals surface area contributed by atoms with Crippen LogP contribution in [0.4, 0.5) is 5.69 Å². The van der Waals surface area contributed by atoms with E-state index >= 15 is 0 Å². The smallest absolute Gasteiger partial charge is 0.115 e. The summed E-state index contributed by atoms with van der Waals surface area (Å²) in [6.45, 7) is 0. The lowest BCUT2D eigenvalue weighted by atomic mass is 10.2. The zero-order chi connectivity index (χ0) is 9.68. The number of rotatable bonds is 2. The van der Waals surface area contributed by atoms with E-state index in [-0.39, 0.29) is 5.88 Å². The number of amidine groups is 1. The van der Waals surface area contributed by atoms with Gasteiger partial charge in [0.15, 0.2) is 0 Å². The lowest BCUT2D eigenvalue weighted by Crippen LogP contribution is -2.12. The molecular formula is C9H8ClN3. The molecule has 0 fully saturated rings. The van der Waals surface area contributed by atoms with Crippen LogP contribution < -0.4 is 5.73 Å². The van der Waals surface area contributed by atoms with Crippen molar-refractivity contribution in [3.05, 3.63) is 29.8 Å². The molecule has 0 aliphatic rings. The maximum Gasteiger partial charge on any atom is 0.115 e. The van der Waals surface area contributed by atoms with Crippen LogP contribution in [0.15, 0.2) is 29.3 Å². The van der Waals surface area contributed by atoms with Gasteiger partial charge in [-0.1, -0.05) is 6.07 Å². The summed E-state index contributed by atoms with van der Waals surface area (Å²) in [5.41, 5.74) is 6.64. The maximum atomic E-state index is 8.60. The highest BCUT2D eigenvalue weighted by Gasteiger charge is 1.93. The molecule has 2 N–H and O–H groups in total. The first-order valence-electron chi connectivity index (χ1n) is 3.65. The van der Waals surface area contributed by atoms with E-state index in [0.29, 0.717) is 17.1 Å². The number of aliphatic imine (C=N–C) groups is 1.